The first-order chi connectivity index (χ1) is 9.88. The number of hydrogen-bond acceptors (Lipinski definition) is 3. The third-order valence-electron chi connectivity index (χ3n) is 3.46. The van der Waals surface area contributed by atoms with Crippen molar-refractivity contribution in [1.82, 2.24) is 5.32 Å². The van der Waals surface area contributed by atoms with Crippen LogP contribution in [0, 0.1) is 18.7 Å². The Kier molecular flexibility index (Phi) is 4.57. The topological polar surface area (TPSA) is 69.6 Å². The quantitative estimate of drug-likeness (QED) is 0.870. The lowest BCUT2D eigenvalue weighted by molar-refractivity contribution is -0.126. The third kappa shape index (κ3) is 3.58. The van der Waals surface area contributed by atoms with Gasteiger partial charge in [-0.1, -0.05) is 6.07 Å². The van der Waals surface area contributed by atoms with Crippen LogP contribution in [-0.2, 0) is 9.59 Å². The molecule has 1 fully saturated rings. The lowest BCUT2D eigenvalue weighted by Crippen LogP contribution is -2.36. The lowest BCUT2D eigenvalue weighted by Gasteiger charge is -2.18. The highest BCUT2D eigenvalue weighted by Gasteiger charge is 2.36. The third-order valence-corrected chi connectivity index (χ3v) is 3.46. The van der Waals surface area contributed by atoms with Crippen LogP contribution in [0.1, 0.15) is 18.9 Å². The number of carbonyl (C=O) groups excluding carboxylic acids is 2. The average molecular weight is 294 g/mol. The van der Waals surface area contributed by atoms with Gasteiger partial charge in [0.2, 0.25) is 11.8 Å². The Hall–Kier alpha value is -1.95. The molecule has 0 spiro atoms. The van der Waals surface area contributed by atoms with Gasteiger partial charge < -0.3 is 15.3 Å². The number of hydrogen-bond donors (Lipinski definition) is 2. The van der Waals surface area contributed by atoms with Crippen LogP contribution in [0.4, 0.5) is 10.1 Å². The highest BCUT2D eigenvalue weighted by atomic mass is 19.1. The molecule has 1 saturated heterocycles. The minimum atomic E-state index is -0.642. The van der Waals surface area contributed by atoms with E-state index in [4.69, 9.17) is 5.11 Å². The number of carbonyl (C=O) groups is 2. The highest BCUT2D eigenvalue weighted by molar-refractivity contribution is 6.00. The van der Waals surface area contributed by atoms with Gasteiger partial charge in [-0.05, 0) is 31.5 Å². The van der Waals surface area contributed by atoms with Gasteiger partial charge in [-0.25, -0.2) is 4.39 Å². The zero-order valence-electron chi connectivity index (χ0n) is 12.1. The maximum atomic E-state index is 13.9. The maximum Gasteiger partial charge on any atom is 0.227 e. The summed E-state index contributed by atoms with van der Waals surface area (Å²) >= 11 is 0. The molecule has 0 bridgehead atoms. The normalized spacial score (nSPS) is 19.7. The van der Waals surface area contributed by atoms with Crippen LogP contribution in [-0.4, -0.2) is 36.1 Å². The second-order valence-corrected chi connectivity index (χ2v) is 5.45. The van der Waals surface area contributed by atoms with Crippen LogP contribution in [0.5, 0.6) is 0 Å². The van der Waals surface area contributed by atoms with E-state index < -0.39 is 17.8 Å². The Bertz CT molecular complexity index is 560. The number of aliphatic hydroxyl groups excluding tert-OH is 1. The first-order valence-corrected chi connectivity index (χ1v) is 6.90. The predicted octanol–water partition coefficient (Wildman–Crippen LogP) is 0.984. The zero-order valence-corrected chi connectivity index (χ0v) is 12.1. The molecule has 1 heterocycles. The number of nitrogens with one attached hydrogen (secondary N) is 1. The van der Waals surface area contributed by atoms with Crippen molar-refractivity contribution in [1.29, 1.82) is 0 Å². The Balaban J connectivity index is 2.07. The van der Waals surface area contributed by atoms with E-state index in [2.05, 4.69) is 5.32 Å². The van der Waals surface area contributed by atoms with Crippen molar-refractivity contribution in [2.45, 2.75) is 26.4 Å². The summed E-state index contributed by atoms with van der Waals surface area (Å²) in [4.78, 5) is 25.2. The predicted molar refractivity (Wildman–Crippen MR) is 76.3 cm³/mol. The molecule has 0 radical (unpaired) electrons. The molecule has 114 valence electrons. The molecule has 1 aromatic rings. The Labute approximate surface area is 122 Å². The van der Waals surface area contributed by atoms with E-state index in [9.17, 15) is 14.0 Å². The molecule has 1 aliphatic heterocycles. The van der Waals surface area contributed by atoms with Gasteiger partial charge in [-0.2, -0.15) is 0 Å². The van der Waals surface area contributed by atoms with Crippen molar-refractivity contribution in [3.63, 3.8) is 0 Å². The molecule has 2 rings (SSSR count). The van der Waals surface area contributed by atoms with Gasteiger partial charge in [0.05, 0.1) is 17.7 Å². The van der Waals surface area contributed by atoms with Crippen molar-refractivity contribution in [3.8, 4) is 0 Å². The monoisotopic (exact) mass is 294 g/mol. The van der Waals surface area contributed by atoms with Crippen LogP contribution < -0.4 is 10.2 Å². The van der Waals surface area contributed by atoms with E-state index >= 15 is 0 Å². The number of halogens is 1. The summed E-state index contributed by atoms with van der Waals surface area (Å²) in [5.74, 6) is -1.54. The number of anilines is 1. The van der Waals surface area contributed by atoms with Crippen LogP contribution in [0.3, 0.4) is 0 Å². The van der Waals surface area contributed by atoms with E-state index in [-0.39, 0.29) is 37.0 Å². The minimum Gasteiger partial charge on any atom is -0.392 e. The van der Waals surface area contributed by atoms with Gasteiger partial charge in [0.15, 0.2) is 0 Å². The van der Waals surface area contributed by atoms with E-state index in [1.54, 1.807) is 26.0 Å². The molecule has 2 N–H and O–H groups in total. The van der Waals surface area contributed by atoms with Crippen molar-refractivity contribution in [2.75, 3.05) is 18.0 Å². The molecule has 2 amide bonds. The summed E-state index contributed by atoms with van der Waals surface area (Å²) in [5, 5.41) is 11.7. The first-order valence-electron chi connectivity index (χ1n) is 6.90. The summed E-state index contributed by atoms with van der Waals surface area (Å²) in [6, 6.07) is 4.65. The van der Waals surface area contributed by atoms with Crippen LogP contribution >= 0.6 is 0 Å². The van der Waals surface area contributed by atoms with E-state index in [0.717, 1.165) is 5.56 Å². The van der Waals surface area contributed by atoms with Crippen LogP contribution in [0.2, 0.25) is 0 Å². The molecule has 5 nitrogen and oxygen atoms in total. The number of aryl methyl sites for hydroxylation is 1. The largest absolute Gasteiger partial charge is 0.392 e. The zero-order chi connectivity index (χ0) is 15.6. The summed E-state index contributed by atoms with van der Waals surface area (Å²) < 4.78 is 13.9. The summed E-state index contributed by atoms with van der Waals surface area (Å²) in [5.41, 5.74) is 0.977. The molecule has 2 atom stereocenters. The van der Waals surface area contributed by atoms with E-state index in [1.165, 1.54) is 11.0 Å². The fourth-order valence-electron chi connectivity index (χ4n) is 2.34. The minimum absolute atomic E-state index is 0.0545. The molecular weight excluding hydrogens is 275 g/mol. The summed E-state index contributed by atoms with van der Waals surface area (Å²) in [6.45, 7) is 3.63. The van der Waals surface area contributed by atoms with Crippen molar-refractivity contribution in [2.24, 2.45) is 5.92 Å². The van der Waals surface area contributed by atoms with E-state index in [0.29, 0.717) is 0 Å². The first kappa shape index (κ1) is 15.4. The van der Waals surface area contributed by atoms with E-state index in [1.807, 2.05) is 0 Å². The van der Waals surface area contributed by atoms with Crippen molar-refractivity contribution >= 4 is 17.5 Å². The van der Waals surface area contributed by atoms with Gasteiger partial charge in [-0.3, -0.25) is 9.59 Å². The number of amides is 2. The van der Waals surface area contributed by atoms with Gasteiger partial charge in [0.1, 0.15) is 5.82 Å². The van der Waals surface area contributed by atoms with Crippen LogP contribution in [0.15, 0.2) is 18.2 Å². The Morgan fingerprint density at radius 3 is 2.90 bits per heavy atom. The maximum absolute atomic E-state index is 13.9. The van der Waals surface area contributed by atoms with Gasteiger partial charge >= 0.3 is 0 Å². The number of aliphatic hydroxyl groups is 1. The molecule has 2 unspecified atom stereocenters. The number of rotatable bonds is 4. The highest BCUT2D eigenvalue weighted by Crippen LogP contribution is 2.28. The molecule has 1 aliphatic rings. The Morgan fingerprint density at radius 1 is 1.57 bits per heavy atom. The fraction of sp³-hybridized carbons (Fsp3) is 0.467. The van der Waals surface area contributed by atoms with Crippen molar-refractivity contribution < 1.29 is 19.1 Å². The summed E-state index contributed by atoms with van der Waals surface area (Å²) in [7, 11) is 0. The fourth-order valence-corrected chi connectivity index (χ4v) is 2.34. The van der Waals surface area contributed by atoms with Gasteiger partial charge in [-0.15, -0.1) is 0 Å². The molecule has 0 saturated carbocycles. The smallest absolute Gasteiger partial charge is 0.227 e. The molecule has 1 aromatic carbocycles. The van der Waals surface area contributed by atoms with Crippen LogP contribution in [0.25, 0.3) is 0 Å². The number of nitrogens with zero attached hydrogens (tertiary/aromatic N) is 1. The molecule has 0 aliphatic carbocycles. The standard InChI is InChI=1S/C15H19FN2O3/c1-9-3-4-13(12(16)5-9)18-8-11(6-14(18)20)15(21)17-7-10(2)19/h3-5,10-11,19H,6-8H2,1-2H3,(H,17,21). The van der Waals surface area contributed by atoms with Gasteiger partial charge in [0, 0.05) is 19.5 Å². The lowest BCUT2D eigenvalue weighted by atomic mass is 10.1. The average Bonchev–Trinajstić information content (AvgIpc) is 2.78. The van der Waals surface area contributed by atoms with Gasteiger partial charge in [0.25, 0.3) is 0 Å². The number of benzene rings is 1. The second kappa shape index (κ2) is 6.22. The Morgan fingerprint density at radius 2 is 2.29 bits per heavy atom. The molecule has 21 heavy (non-hydrogen) atoms. The molecule has 0 aromatic heterocycles. The SMILES string of the molecule is Cc1ccc(N2CC(C(=O)NCC(C)O)CC2=O)c(F)c1. The molecule has 6 heteroatoms. The van der Waals surface area contributed by atoms with Crippen molar-refractivity contribution in [3.05, 3.63) is 29.6 Å². The second-order valence-electron chi connectivity index (χ2n) is 5.45. The summed E-state index contributed by atoms with van der Waals surface area (Å²) in [6.07, 6.45) is -0.587. The molecular formula is C15H19FN2O3.